The average molecular weight is 233 g/mol. The third kappa shape index (κ3) is 2.31. The molecule has 0 bridgehead atoms. The highest BCUT2D eigenvalue weighted by Crippen LogP contribution is 2.19. The van der Waals surface area contributed by atoms with E-state index in [1.54, 1.807) is 18.2 Å². The molecule has 90 valence electrons. The van der Waals surface area contributed by atoms with E-state index in [9.17, 15) is 4.79 Å². The van der Waals surface area contributed by atoms with E-state index in [0.29, 0.717) is 6.54 Å². The molecule has 1 atom stereocenters. The van der Waals surface area contributed by atoms with Crippen LogP contribution in [0.5, 0.6) is 0 Å². The van der Waals surface area contributed by atoms with Gasteiger partial charge in [-0.2, -0.15) is 0 Å². The van der Waals surface area contributed by atoms with E-state index >= 15 is 0 Å². The van der Waals surface area contributed by atoms with Crippen molar-refractivity contribution in [1.29, 1.82) is 0 Å². The highest BCUT2D eigenvalue weighted by atomic mass is 16.4. The molecule has 0 amide bonds. The third-order valence-corrected chi connectivity index (χ3v) is 2.84. The summed E-state index contributed by atoms with van der Waals surface area (Å²) in [5.41, 5.74) is 1.18. The lowest BCUT2D eigenvalue weighted by atomic mass is 10.1. The molecule has 0 fully saturated rings. The summed E-state index contributed by atoms with van der Waals surface area (Å²) in [4.78, 5) is 10.9. The van der Waals surface area contributed by atoms with Gasteiger partial charge in [-0.25, -0.2) is 4.79 Å². The fourth-order valence-corrected chi connectivity index (χ4v) is 1.87. The lowest BCUT2D eigenvalue weighted by Crippen LogP contribution is -2.10. The minimum absolute atomic E-state index is 0.123. The first-order chi connectivity index (χ1) is 8.11. The molecule has 1 aromatic heterocycles. The Kier molecular flexibility index (Phi) is 3.15. The van der Waals surface area contributed by atoms with Crippen molar-refractivity contribution in [2.75, 3.05) is 6.61 Å². The highest BCUT2D eigenvalue weighted by Gasteiger charge is 2.08. The summed E-state index contributed by atoms with van der Waals surface area (Å²) in [5, 5.41) is 19.0. The lowest BCUT2D eigenvalue weighted by molar-refractivity contribution is 0.0697. The monoisotopic (exact) mass is 233 g/mol. The Morgan fingerprint density at radius 3 is 2.82 bits per heavy atom. The molecular formula is C13H15NO3. The fraction of sp³-hybridized carbons (Fsp3) is 0.308. The van der Waals surface area contributed by atoms with Gasteiger partial charge in [0.2, 0.25) is 0 Å². The van der Waals surface area contributed by atoms with Crippen LogP contribution in [0.15, 0.2) is 30.5 Å². The molecule has 1 aromatic carbocycles. The molecule has 0 spiro atoms. The fourth-order valence-electron chi connectivity index (χ4n) is 1.87. The molecule has 0 aliphatic heterocycles. The Morgan fingerprint density at radius 1 is 1.41 bits per heavy atom. The number of hydrogen-bond acceptors (Lipinski definition) is 2. The standard InChI is InChI=1S/C13H15NO3/c1-9(8-15)7-14-5-4-10-2-3-11(13(16)17)6-12(10)14/h2-6,9,15H,7-8H2,1H3,(H,16,17). The van der Waals surface area contributed by atoms with Crippen LogP contribution in [0.1, 0.15) is 17.3 Å². The lowest BCUT2D eigenvalue weighted by Gasteiger charge is -2.10. The summed E-state index contributed by atoms with van der Waals surface area (Å²) in [6.45, 7) is 2.76. The van der Waals surface area contributed by atoms with E-state index in [2.05, 4.69) is 0 Å². The van der Waals surface area contributed by atoms with Crippen LogP contribution >= 0.6 is 0 Å². The van der Waals surface area contributed by atoms with Crippen LogP contribution in [0, 0.1) is 5.92 Å². The van der Waals surface area contributed by atoms with E-state index in [0.717, 1.165) is 10.9 Å². The number of rotatable bonds is 4. The number of nitrogens with zero attached hydrogens (tertiary/aromatic N) is 1. The normalized spacial score (nSPS) is 12.8. The Balaban J connectivity index is 2.43. The average Bonchev–Trinajstić information content (AvgIpc) is 2.71. The first-order valence-electron chi connectivity index (χ1n) is 5.55. The number of aromatic nitrogens is 1. The highest BCUT2D eigenvalue weighted by molar-refractivity contribution is 5.93. The molecule has 0 aliphatic carbocycles. The molecular weight excluding hydrogens is 218 g/mol. The zero-order valence-corrected chi connectivity index (χ0v) is 9.63. The van der Waals surface area contributed by atoms with E-state index in [4.69, 9.17) is 10.2 Å². The smallest absolute Gasteiger partial charge is 0.335 e. The Morgan fingerprint density at radius 2 is 2.18 bits per heavy atom. The number of aliphatic hydroxyl groups is 1. The van der Waals surface area contributed by atoms with Crippen LogP contribution in [0.25, 0.3) is 10.9 Å². The summed E-state index contributed by atoms with van der Waals surface area (Å²) in [6, 6.07) is 7.02. The summed E-state index contributed by atoms with van der Waals surface area (Å²) in [5.74, 6) is -0.769. The number of benzene rings is 1. The van der Waals surface area contributed by atoms with E-state index in [1.807, 2.05) is 23.8 Å². The quantitative estimate of drug-likeness (QED) is 0.848. The second-order valence-electron chi connectivity index (χ2n) is 4.33. The molecule has 1 unspecified atom stereocenters. The zero-order valence-electron chi connectivity index (χ0n) is 9.63. The van der Waals surface area contributed by atoms with Gasteiger partial charge in [0.25, 0.3) is 0 Å². The summed E-state index contributed by atoms with van der Waals surface area (Å²) in [7, 11) is 0. The Labute approximate surface area is 99.1 Å². The van der Waals surface area contributed by atoms with Crippen molar-refractivity contribution >= 4 is 16.9 Å². The van der Waals surface area contributed by atoms with Gasteiger partial charge in [-0.3, -0.25) is 0 Å². The van der Waals surface area contributed by atoms with Crippen molar-refractivity contribution in [3.63, 3.8) is 0 Å². The Bertz CT molecular complexity index is 545. The van der Waals surface area contributed by atoms with Crippen molar-refractivity contribution in [2.45, 2.75) is 13.5 Å². The van der Waals surface area contributed by atoms with Gasteiger partial charge in [0.15, 0.2) is 0 Å². The minimum Gasteiger partial charge on any atom is -0.478 e. The number of aliphatic hydroxyl groups excluding tert-OH is 1. The number of hydrogen-bond donors (Lipinski definition) is 2. The van der Waals surface area contributed by atoms with E-state index in [1.165, 1.54) is 0 Å². The second kappa shape index (κ2) is 4.59. The zero-order chi connectivity index (χ0) is 12.4. The number of carboxylic acid groups (broad SMARTS) is 1. The van der Waals surface area contributed by atoms with Crippen LogP contribution in [0.2, 0.25) is 0 Å². The molecule has 0 radical (unpaired) electrons. The molecule has 17 heavy (non-hydrogen) atoms. The van der Waals surface area contributed by atoms with E-state index in [-0.39, 0.29) is 18.1 Å². The number of aromatic carboxylic acids is 1. The predicted molar refractivity (Wildman–Crippen MR) is 65.1 cm³/mol. The van der Waals surface area contributed by atoms with Crippen molar-refractivity contribution < 1.29 is 15.0 Å². The third-order valence-electron chi connectivity index (χ3n) is 2.84. The Hall–Kier alpha value is -1.81. The number of carboxylic acids is 1. The maximum atomic E-state index is 10.9. The van der Waals surface area contributed by atoms with Crippen molar-refractivity contribution in [3.05, 3.63) is 36.0 Å². The van der Waals surface area contributed by atoms with Gasteiger partial charge in [-0.1, -0.05) is 13.0 Å². The molecule has 2 rings (SSSR count). The molecule has 2 aromatic rings. The second-order valence-corrected chi connectivity index (χ2v) is 4.33. The van der Waals surface area contributed by atoms with Gasteiger partial charge in [-0.15, -0.1) is 0 Å². The van der Waals surface area contributed by atoms with E-state index < -0.39 is 5.97 Å². The van der Waals surface area contributed by atoms with Crippen molar-refractivity contribution in [3.8, 4) is 0 Å². The SMILES string of the molecule is CC(CO)Cn1ccc2ccc(C(=O)O)cc21. The first-order valence-corrected chi connectivity index (χ1v) is 5.55. The maximum Gasteiger partial charge on any atom is 0.335 e. The van der Waals surface area contributed by atoms with Crippen LogP contribution in [-0.2, 0) is 6.54 Å². The molecule has 2 N–H and O–H groups in total. The number of carbonyl (C=O) groups is 1. The topological polar surface area (TPSA) is 62.5 Å². The van der Waals surface area contributed by atoms with Gasteiger partial charge in [0.05, 0.1) is 5.56 Å². The summed E-state index contributed by atoms with van der Waals surface area (Å²) in [6.07, 6.45) is 1.92. The van der Waals surface area contributed by atoms with Crippen LogP contribution in [0.3, 0.4) is 0 Å². The van der Waals surface area contributed by atoms with Gasteiger partial charge in [0.1, 0.15) is 0 Å². The minimum atomic E-state index is -0.921. The molecule has 4 heteroatoms. The molecule has 0 aliphatic rings. The van der Waals surface area contributed by atoms with Gasteiger partial charge in [0, 0.05) is 24.9 Å². The van der Waals surface area contributed by atoms with Crippen LogP contribution < -0.4 is 0 Å². The first kappa shape index (κ1) is 11.7. The van der Waals surface area contributed by atoms with Crippen molar-refractivity contribution in [2.24, 2.45) is 5.92 Å². The molecule has 0 saturated carbocycles. The molecule has 4 nitrogen and oxygen atoms in total. The van der Waals surface area contributed by atoms with Gasteiger partial charge in [-0.05, 0) is 29.5 Å². The van der Waals surface area contributed by atoms with Gasteiger partial charge >= 0.3 is 5.97 Å². The van der Waals surface area contributed by atoms with Crippen molar-refractivity contribution in [1.82, 2.24) is 4.57 Å². The summed E-state index contributed by atoms with van der Waals surface area (Å²) >= 11 is 0. The van der Waals surface area contributed by atoms with Crippen LogP contribution in [-0.4, -0.2) is 27.4 Å². The molecule has 1 heterocycles. The van der Waals surface area contributed by atoms with Gasteiger partial charge < -0.3 is 14.8 Å². The number of fused-ring (bicyclic) bond motifs is 1. The predicted octanol–water partition coefficient (Wildman–Crippen LogP) is 1.97. The molecule has 0 saturated heterocycles. The summed E-state index contributed by atoms with van der Waals surface area (Å²) < 4.78 is 1.97. The maximum absolute atomic E-state index is 10.9. The largest absolute Gasteiger partial charge is 0.478 e. The van der Waals surface area contributed by atoms with Crippen LogP contribution in [0.4, 0.5) is 0 Å².